The first-order valence-corrected chi connectivity index (χ1v) is 8.91. The smallest absolute Gasteiger partial charge is 0.229 e. The lowest BCUT2D eigenvalue weighted by atomic mass is 10.3. The Bertz CT molecular complexity index is 955. The number of hydrogen-bond donors (Lipinski definition) is 2. The average Bonchev–Trinajstić information content (AvgIpc) is 2.65. The van der Waals surface area contributed by atoms with Crippen LogP contribution in [0.3, 0.4) is 0 Å². The van der Waals surface area contributed by atoms with Gasteiger partial charge < -0.3 is 19.9 Å². The van der Waals surface area contributed by atoms with E-state index in [2.05, 4.69) is 20.6 Å². The summed E-state index contributed by atoms with van der Waals surface area (Å²) in [5.74, 6) is 1.19. The molecule has 26 heavy (non-hydrogen) atoms. The van der Waals surface area contributed by atoms with Crippen molar-refractivity contribution in [1.29, 1.82) is 0 Å². The molecule has 0 radical (unpaired) electrons. The number of methoxy groups -OCH3 is 1. The van der Waals surface area contributed by atoms with Crippen LogP contribution in [0.5, 0.6) is 5.75 Å². The second kappa shape index (κ2) is 8.13. The van der Waals surface area contributed by atoms with Crippen molar-refractivity contribution in [1.82, 2.24) is 9.97 Å². The SMILES string of the molecule is COc1ccccc1Nc1ncc(Cl)c(Nc2ccccc2S(=O)[O-])n1. The minimum Gasteiger partial charge on any atom is -0.768 e. The largest absolute Gasteiger partial charge is 0.768 e. The van der Waals surface area contributed by atoms with E-state index in [1.165, 1.54) is 12.3 Å². The van der Waals surface area contributed by atoms with Crippen LogP contribution < -0.4 is 15.4 Å². The molecular weight excluding hydrogens is 376 g/mol. The van der Waals surface area contributed by atoms with Gasteiger partial charge in [-0.1, -0.05) is 35.9 Å². The van der Waals surface area contributed by atoms with E-state index < -0.39 is 11.1 Å². The molecule has 2 N–H and O–H groups in total. The fourth-order valence-corrected chi connectivity index (χ4v) is 2.85. The molecule has 0 spiro atoms. The second-order valence-electron chi connectivity index (χ2n) is 5.07. The second-order valence-corrected chi connectivity index (χ2v) is 6.39. The van der Waals surface area contributed by atoms with Gasteiger partial charge in [0.15, 0.2) is 5.82 Å². The molecule has 3 rings (SSSR count). The van der Waals surface area contributed by atoms with Crippen molar-refractivity contribution in [3.63, 3.8) is 0 Å². The lowest BCUT2D eigenvalue weighted by molar-refractivity contribution is 0.417. The fourth-order valence-electron chi connectivity index (χ4n) is 2.23. The molecule has 3 aromatic rings. The molecule has 0 fully saturated rings. The predicted molar refractivity (Wildman–Crippen MR) is 100 cm³/mol. The molecule has 0 aliphatic rings. The van der Waals surface area contributed by atoms with Crippen LogP contribution in [0.15, 0.2) is 59.6 Å². The standard InChI is InChI=1S/C17H15ClN4O3S/c1-25-14-8-4-2-6-12(14)21-17-19-10-11(18)16(22-17)20-13-7-3-5-9-15(13)26(23)24/h2-10H,1H3,(H,23,24)(H2,19,20,21,22)/p-1. The first-order valence-electron chi connectivity index (χ1n) is 7.46. The fraction of sp³-hybridized carbons (Fsp3) is 0.0588. The van der Waals surface area contributed by atoms with Gasteiger partial charge in [0.2, 0.25) is 5.95 Å². The van der Waals surface area contributed by atoms with Crippen molar-refractivity contribution in [2.45, 2.75) is 4.90 Å². The van der Waals surface area contributed by atoms with E-state index >= 15 is 0 Å². The highest BCUT2D eigenvalue weighted by Crippen LogP contribution is 2.29. The number of rotatable bonds is 6. The van der Waals surface area contributed by atoms with E-state index in [4.69, 9.17) is 16.3 Å². The Hall–Kier alpha value is -2.68. The van der Waals surface area contributed by atoms with Gasteiger partial charge in [-0.05, 0) is 35.3 Å². The molecule has 2 aromatic carbocycles. The van der Waals surface area contributed by atoms with Gasteiger partial charge in [-0.3, -0.25) is 4.21 Å². The van der Waals surface area contributed by atoms with Gasteiger partial charge in [0.1, 0.15) is 10.8 Å². The molecule has 0 amide bonds. The summed E-state index contributed by atoms with van der Waals surface area (Å²) >= 11 is 3.75. The molecular formula is C17H14ClN4O3S-. The highest BCUT2D eigenvalue weighted by atomic mass is 35.5. The lowest BCUT2D eigenvalue weighted by Crippen LogP contribution is -2.04. The maximum atomic E-state index is 11.3. The van der Waals surface area contributed by atoms with Crippen LogP contribution in [0.25, 0.3) is 0 Å². The monoisotopic (exact) mass is 389 g/mol. The Labute approximate surface area is 157 Å². The van der Waals surface area contributed by atoms with Crippen molar-refractivity contribution in [3.05, 3.63) is 59.8 Å². The van der Waals surface area contributed by atoms with Gasteiger partial charge in [0.05, 0.1) is 24.7 Å². The van der Waals surface area contributed by atoms with Crippen LogP contribution in [0, 0.1) is 0 Å². The normalized spacial score (nSPS) is 11.7. The summed E-state index contributed by atoms with van der Waals surface area (Å²) in [6.45, 7) is 0. The number of ether oxygens (including phenoxy) is 1. The summed E-state index contributed by atoms with van der Waals surface area (Å²) in [5.41, 5.74) is 1.05. The lowest BCUT2D eigenvalue weighted by Gasteiger charge is -2.15. The molecule has 0 bridgehead atoms. The van der Waals surface area contributed by atoms with E-state index in [9.17, 15) is 8.76 Å². The summed E-state index contributed by atoms with van der Waals surface area (Å²) in [5, 5.41) is 6.23. The Morgan fingerprint density at radius 1 is 1.08 bits per heavy atom. The third-order valence-corrected chi connectivity index (χ3v) is 4.41. The van der Waals surface area contributed by atoms with Gasteiger partial charge in [0, 0.05) is 4.90 Å². The van der Waals surface area contributed by atoms with E-state index in [0.29, 0.717) is 17.1 Å². The Balaban J connectivity index is 1.90. The number of para-hydroxylation sites is 3. The summed E-state index contributed by atoms with van der Waals surface area (Å²) in [7, 11) is 1.57. The predicted octanol–water partition coefficient (Wildman–Crippen LogP) is 3.86. The number of nitrogens with zero attached hydrogens (tertiary/aromatic N) is 2. The summed E-state index contributed by atoms with van der Waals surface area (Å²) < 4.78 is 28.0. The number of halogens is 1. The van der Waals surface area contributed by atoms with Crippen molar-refractivity contribution in [3.8, 4) is 5.75 Å². The number of hydrogen-bond acceptors (Lipinski definition) is 7. The molecule has 1 aromatic heterocycles. The van der Waals surface area contributed by atoms with Crippen molar-refractivity contribution in [2.75, 3.05) is 17.7 Å². The molecule has 0 saturated carbocycles. The van der Waals surface area contributed by atoms with E-state index in [1.807, 2.05) is 18.2 Å². The zero-order valence-electron chi connectivity index (χ0n) is 13.6. The van der Waals surface area contributed by atoms with Gasteiger partial charge in [0.25, 0.3) is 0 Å². The Morgan fingerprint density at radius 2 is 1.77 bits per heavy atom. The molecule has 134 valence electrons. The van der Waals surface area contributed by atoms with Crippen LogP contribution >= 0.6 is 11.6 Å². The molecule has 9 heteroatoms. The van der Waals surface area contributed by atoms with Gasteiger partial charge in [-0.25, -0.2) is 4.98 Å². The average molecular weight is 390 g/mol. The van der Waals surface area contributed by atoms with Crippen molar-refractivity contribution < 1.29 is 13.5 Å². The zero-order valence-corrected chi connectivity index (χ0v) is 15.2. The molecule has 0 saturated heterocycles. The minimum absolute atomic E-state index is 0.112. The maximum absolute atomic E-state index is 11.3. The van der Waals surface area contributed by atoms with Crippen LogP contribution in [-0.4, -0.2) is 25.8 Å². The Kier molecular flexibility index (Phi) is 5.67. The molecule has 7 nitrogen and oxygen atoms in total. The molecule has 1 heterocycles. The van der Waals surface area contributed by atoms with Gasteiger partial charge >= 0.3 is 0 Å². The van der Waals surface area contributed by atoms with E-state index in [0.717, 1.165) is 0 Å². The highest BCUT2D eigenvalue weighted by Gasteiger charge is 2.10. The number of anilines is 4. The van der Waals surface area contributed by atoms with Crippen LogP contribution in [0.1, 0.15) is 0 Å². The van der Waals surface area contributed by atoms with Crippen molar-refractivity contribution in [2.24, 2.45) is 0 Å². The highest BCUT2D eigenvalue weighted by molar-refractivity contribution is 7.79. The van der Waals surface area contributed by atoms with E-state index in [-0.39, 0.29) is 21.7 Å². The number of benzene rings is 2. The maximum Gasteiger partial charge on any atom is 0.229 e. The summed E-state index contributed by atoms with van der Waals surface area (Å²) in [6.07, 6.45) is 1.42. The number of nitrogens with one attached hydrogen (secondary N) is 2. The molecule has 0 aliphatic heterocycles. The first kappa shape index (κ1) is 18.1. The topological polar surface area (TPSA) is 99.2 Å². The third-order valence-electron chi connectivity index (χ3n) is 3.42. The molecule has 1 unspecified atom stereocenters. The first-order chi connectivity index (χ1) is 12.6. The molecule has 0 aliphatic carbocycles. The summed E-state index contributed by atoms with van der Waals surface area (Å²) in [4.78, 5) is 8.57. The minimum atomic E-state index is -2.39. The van der Waals surface area contributed by atoms with Gasteiger partial charge in [-0.15, -0.1) is 0 Å². The zero-order chi connectivity index (χ0) is 18.5. The van der Waals surface area contributed by atoms with Gasteiger partial charge in [-0.2, -0.15) is 4.98 Å². The summed E-state index contributed by atoms with van der Waals surface area (Å²) in [6, 6.07) is 13.8. The number of aromatic nitrogens is 2. The Morgan fingerprint density at radius 3 is 2.50 bits per heavy atom. The molecule has 1 atom stereocenters. The van der Waals surface area contributed by atoms with E-state index in [1.54, 1.807) is 31.4 Å². The van der Waals surface area contributed by atoms with Crippen LogP contribution in [0.2, 0.25) is 5.02 Å². The van der Waals surface area contributed by atoms with Crippen LogP contribution in [0.4, 0.5) is 23.1 Å². The van der Waals surface area contributed by atoms with Crippen LogP contribution in [-0.2, 0) is 11.1 Å². The third kappa shape index (κ3) is 4.10. The quantitative estimate of drug-likeness (QED) is 0.617. The van der Waals surface area contributed by atoms with Crippen molar-refractivity contribution >= 4 is 45.8 Å².